The Morgan fingerprint density at radius 2 is 2.07 bits per heavy atom. The molecule has 0 heterocycles. The first kappa shape index (κ1) is 13.7. The summed E-state index contributed by atoms with van der Waals surface area (Å²) in [5, 5.41) is 11.4. The number of amidine groups is 1. The minimum atomic E-state index is -0.373. The molecule has 88 valence electrons. The summed E-state index contributed by atoms with van der Waals surface area (Å²) in [5.74, 6) is 0.0550. The molecule has 0 aromatic rings. The molecule has 0 saturated carbocycles. The molecule has 2 atom stereocenters. The molecule has 0 aromatic heterocycles. The zero-order chi connectivity index (χ0) is 12.0. The summed E-state index contributed by atoms with van der Waals surface area (Å²) in [7, 11) is 1.66. The summed E-state index contributed by atoms with van der Waals surface area (Å²) in [6, 6.07) is -0.373. The van der Waals surface area contributed by atoms with E-state index in [4.69, 9.17) is 10.9 Å². The van der Waals surface area contributed by atoms with Crippen molar-refractivity contribution in [2.45, 2.75) is 39.7 Å². The van der Waals surface area contributed by atoms with Gasteiger partial charge in [0.05, 0.1) is 6.04 Å². The lowest BCUT2D eigenvalue weighted by atomic mass is 10.0. The standard InChI is InChI=1S/C10H21N3O2/c1-5-6-7(2)10(14)13(4)8(3)9(11)12-15/h7-8,15H,5-6H2,1-4H3,(H2,11,12). The van der Waals surface area contributed by atoms with Crippen LogP contribution in [0.15, 0.2) is 5.16 Å². The maximum Gasteiger partial charge on any atom is 0.225 e. The van der Waals surface area contributed by atoms with Gasteiger partial charge in [0, 0.05) is 13.0 Å². The summed E-state index contributed by atoms with van der Waals surface area (Å²) in [4.78, 5) is 13.3. The number of hydrogen-bond acceptors (Lipinski definition) is 3. The first-order chi connectivity index (χ1) is 6.95. The van der Waals surface area contributed by atoms with E-state index in [1.165, 1.54) is 4.90 Å². The van der Waals surface area contributed by atoms with Crippen molar-refractivity contribution >= 4 is 11.7 Å². The van der Waals surface area contributed by atoms with E-state index in [0.717, 1.165) is 12.8 Å². The smallest absolute Gasteiger partial charge is 0.225 e. The van der Waals surface area contributed by atoms with E-state index < -0.39 is 0 Å². The predicted octanol–water partition coefficient (Wildman–Crippen LogP) is 1.02. The highest BCUT2D eigenvalue weighted by Crippen LogP contribution is 2.10. The molecule has 1 amide bonds. The molecule has 2 unspecified atom stereocenters. The molecule has 0 saturated heterocycles. The van der Waals surface area contributed by atoms with Crippen LogP contribution in [-0.4, -0.2) is 34.9 Å². The van der Waals surface area contributed by atoms with Crippen molar-refractivity contribution in [2.75, 3.05) is 7.05 Å². The zero-order valence-electron chi connectivity index (χ0n) is 9.90. The third-order valence-electron chi connectivity index (χ3n) is 2.62. The minimum Gasteiger partial charge on any atom is -0.409 e. The van der Waals surface area contributed by atoms with Gasteiger partial charge in [-0.1, -0.05) is 25.4 Å². The lowest BCUT2D eigenvalue weighted by Gasteiger charge is -2.26. The molecule has 5 nitrogen and oxygen atoms in total. The van der Waals surface area contributed by atoms with Gasteiger partial charge < -0.3 is 15.8 Å². The topological polar surface area (TPSA) is 78.9 Å². The number of carbonyl (C=O) groups is 1. The fourth-order valence-corrected chi connectivity index (χ4v) is 1.38. The fourth-order valence-electron chi connectivity index (χ4n) is 1.38. The van der Waals surface area contributed by atoms with E-state index in [1.54, 1.807) is 14.0 Å². The van der Waals surface area contributed by atoms with Crippen LogP contribution in [0.25, 0.3) is 0 Å². The number of rotatable bonds is 5. The van der Waals surface area contributed by atoms with Crippen LogP contribution in [0.2, 0.25) is 0 Å². The van der Waals surface area contributed by atoms with Crippen molar-refractivity contribution in [2.24, 2.45) is 16.8 Å². The van der Waals surface area contributed by atoms with Crippen LogP contribution in [0, 0.1) is 5.92 Å². The SMILES string of the molecule is CCCC(C)C(=O)N(C)C(C)C(N)=NO. The summed E-state index contributed by atoms with van der Waals surface area (Å²) >= 11 is 0. The van der Waals surface area contributed by atoms with E-state index in [-0.39, 0.29) is 23.7 Å². The van der Waals surface area contributed by atoms with Crippen LogP contribution in [0.1, 0.15) is 33.6 Å². The highest BCUT2D eigenvalue weighted by Gasteiger charge is 2.23. The van der Waals surface area contributed by atoms with Crippen molar-refractivity contribution in [1.29, 1.82) is 0 Å². The third kappa shape index (κ3) is 3.77. The number of oxime groups is 1. The molecule has 3 N–H and O–H groups in total. The fraction of sp³-hybridized carbons (Fsp3) is 0.800. The van der Waals surface area contributed by atoms with E-state index in [9.17, 15) is 4.79 Å². The average Bonchev–Trinajstić information content (AvgIpc) is 2.25. The number of carbonyl (C=O) groups excluding carboxylic acids is 1. The Morgan fingerprint density at radius 1 is 1.53 bits per heavy atom. The molecule has 0 aliphatic heterocycles. The largest absolute Gasteiger partial charge is 0.409 e. The number of amides is 1. The minimum absolute atomic E-state index is 0.0195. The van der Waals surface area contributed by atoms with E-state index in [2.05, 4.69) is 5.16 Å². The van der Waals surface area contributed by atoms with Gasteiger partial charge in [-0.25, -0.2) is 0 Å². The van der Waals surface area contributed by atoms with Gasteiger partial charge >= 0.3 is 0 Å². The monoisotopic (exact) mass is 215 g/mol. The number of nitrogens with zero attached hydrogens (tertiary/aromatic N) is 2. The van der Waals surface area contributed by atoms with Gasteiger partial charge in [0.2, 0.25) is 5.91 Å². The lowest BCUT2D eigenvalue weighted by Crippen LogP contribution is -2.45. The second kappa shape index (κ2) is 6.27. The van der Waals surface area contributed by atoms with Gasteiger partial charge in [-0.2, -0.15) is 0 Å². The molecule has 0 radical (unpaired) electrons. The van der Waals surface area contributed by atoms with E-state index in [1.807, 2.05) is 13.8 Å². The van der Waals surface area contributed by atoms with Crippen LogP contribution in [0.5, 0.6) is 0 Å². The predicted molar refractivity (Wildman–Crippen MR) is 59.7 cm³/mol. The first-order valence-electron chi connectivity index (χ1n) is 5.19. The van der Waals surface area contributed by atoms with Crippen molar-refractivity contribution in [3.8, 4) is 0 Å². The van der Waals surface area contributed by atoms with Gasteiger partial charge in [0.1, 0.15) is 0 Å². The Bertz CT molecular complexity index is 241. The summed E-state index contributed by atoms with van der Waals surface area (Å²) in [6.45, 7) is 5.66. The first-order valence-corrected chi connectivity index (χ1v) is 5.19. The molecular formula is C10H21N3O2. The summed E-state index contributed by atoms with van der Waals surface area (Å²) in [6.07, 6.45) is 1.82. The van der Waals surface area contributed by atoms with Crippen LogP contribution >= 0.6 is 0 Å². The Morgan fingerprint density at radius 3 is 2.47 bits per heavy atom. The van der Waals surface area contributed by atoms with E-state index in [0.29, 0.717) is 0 Å². The van der Waals surface area contributed by atoms with Crippen LogP contribution < -0.4 is 5.73 Å². The number of nitrogens with two attached hydrogens (primary N) is 1. The molecule has 0 aliphatic rings. The van der Waals surface area contributed by atoms with Crippen molar-refractivity contribution < 1.29 is 10.0 Å². The highest BCUT2D eigenvalue weighted by molar-refractivity contribution is 5.90. The number of likely N-dealkylation sites (N-methyl/N-ethyl adjacent to an activating group) is 1. The second-order valence-corrected chi connectivity index (χ2v) is 3.84. The van der Waals surface area contributed by atoms with Gasteiger partial charge in [0.15, 0.2) is 5.84 Å². The van der Waals surface area contributed by atoms with Crippen LogP contribution in [-0.2, 0) is 4.79 Å². The molecular weight excluding hydrogens is 194 g/mol. The second-order valence-electron chi connectivity index (χ2n) is 3.84. The van der Waals surface area contributed by atoms with Gasteiger partial charge in [0.25, 0.3) is 0 Å². The van der Waals surface area contributed by atoms with Gasteiger partial charge in [-0.3, -0.25) is 4.79 Å². The zero-order valence-corrected chi connectivity index (χ0v) is 9.90. The molecule has 5 heteroatoms. The van der Waals surface area contributed by atoms with E-state index >= 15 is 0 Å². The Balaban J connectivity index is 4.43. The highest BCUT2D eigenvalue weighted by atomic mass is 16.4. The number of hydrogen-bond donors (Lipinski definition) is 2. The Kier molecular flexibility index (Phi) is 5.74. The lowest BCUT2D eigenvalue weighted by molar-refractivity contribution is -0.134. The maximum absolute atomic E-state index is 11.8. The molecule has 0 aliphatic carbocycles. The molecule has 15 heavy (non-hydrogen) atoms. The van der Waals surface area contributed by atoms with Crippen molar-refractivity contribution in [1.82, 2.24) is 4.90 Å². The summed E-state index contributed by atoms with van der Waals surface area (Å²) < 4.78 is 0. The molecule has 0 rings (SSSR count). The maximum atomic E-state index is 11.8. The van der Waals surface area contributed by atoms with Crippen molar-refractivity contribution in [3.63, 3.8) is 0 Å². The average molecular weight is 215 g/mol. The summed E-state index contributed by atoms with van der Waals surface area (Å²) in [5.41, 5.74) is 5.44. The molecule has 0 fully saturated rings. The quantitative estimate of drug-likeness (QED) is 0.311. The molecule has 0 spiro atoms. The Hall–Kier alpha value is -1.26. The van der Waals surface area contributed by atoms with Crippen LogP contribution in [0.4, 0.5) is 0 Å². The third-order valence-corrected chi connectivity index (χ3v) is 2.62. The Labute approximate surface area is 90.9 Å². The van der Waals surface area contributed by atoms with Crippen molar-refractivity contribution in [3.05, 3.63) is 0 Å². The van der Waals surface area contributed by atoms with Gasteiger partial charge in [-0.15, -0.1) is 0 Å². The molecule has 0 aromatic carbocycles. The normalized spacial score (nSPS) is 15.9. The van der Waals surface area contributed by atoms with Crippen LogP contribution in [0.3, 0.4) is 0 Å². The van der Waals surface area contributed by atoms with Gasteiger partial charge in [-0.05, 0) is 13.3 Å². The molecule has 0 bridgehead atoms.